The van der Waals surface area contributed by atoms with Gasteiger partial charge in [-0.1, -0.05) is 100 Å². The van der Waals surface area contributed by atoms with Crippen LogP contribution in [0.4, 0.5) is 0 Å². The van der Waals surface area contributed by atoms with Crippen molar-refractivity contribution in [3.8, 4) is 51.7 Å². The number of methoxy groups -OCH3 is 1. The predicted molar refractivity (Wildman–Crippen MR) is 326 cm³/mol. The number of benzene rings is 7. The van der Waals surface area contributed by atoms with Gasteiger partial charge in [0.2, 0.25) is 0 Å². The molecule has 6 N–H and O–H groups in total. The van der Waals surface area contributed by atoms with E-state index in [4.69, 9.17) is 18.9 Å². The Morgan fingerprint density at radius 1 is 0.798 bits per heavy atom. The van der Waals surface area contributed by atoms with E-state index in [-0.39, 0.29) is 54.3 Å². The van der Waals surface area contributed by atoms with E-state index in [1.54, 1.807) is 18.2 Å². The summed E-state index contributed by atoms with van der Waals surface area (Å²) in [5, 5.41) is 67.0. The third-order valence-electron chi connectivity index (χ3n) is 20.1. The van der Waals surface area contributed by atoms with E-state index < -0.39 is 76.1 Å². The van der Waals surface area contributed by atoms with Crippen molar-refractivity contribution in [2.75, 3.05) is 26.0 Å². The van der Waals surface area contributed by atoms with Crippen LogP contribution < -0.4 is 14.8 Å². The molecule has 432 valence electrons. The molecule has 3 fully saturated rings. The molecule has 3 saturated carbocycles. The van der Waals surface area contributed by atoms with Crippen LogP contribution in [-0.4, -0.2) is 87.2 Å². The Kier molecular flexibility index (Phi) is 14.3. The van der Waals surface area contributed by atoms with E-state index in [9.17, 15) is 30.3 Å². The molecule has 84 heavy (non-hydrogen) atoms. The van der Waals surface area contributed by atoms with E-state index in [1.807, 2.05) is 48.5 Å². The Labute approximate surface area is 497 Å². The molecule has 7 aromatic rings. The van der Waals surface area contributed by atoms with Gasteiger partial charge in [-0.25, -0.2) is 0 Å². The third-order valence-corrected chi connectivity index (χ3v) is 22.7. The summed E-state index contributed by atoms with van der Waals surface area (Å²) in [5.74, 6) is 5.14. The molecule has 0 amide bonds. The van der Waals surface area contributed by atoms with Crippen LogP contribution in [0.1, 0.15) is 103 Å². The first-order chi connectivity index (χ1) is 40.8. The Morgan fingerprint density at radius 2 is 1.63 bits per heavy atom. The maximum absolute atomic E-state index is 16.8. The fourth-order valence-corrected chi connectivity index (χ4v) is 19.2. The van der Waals surface area contributed by atoms with Gasteiger partial charge in [0, 0.05) is 55.9 Å². The van der Waals surface area contributed by atoms with Crippen molar-refractivity contribution in [3.63, 3.8) is 0 Å². The zero-order valence-corrected chi connectivity index (χ0v) is 48.7. The van der Waals surface area contributed by atoms with Crippen LogP contribution >= 0.6 is 21.6 Å². The minimum atomic E-state index is -1.24. The van der Waals surface area contributed by atoms with Gasteiger partial charge in [0.05, 0.1) is 18.6 Å². The third kappa shape index (κ3) is 9.53. The summed E-state index contributed by atoms with van der Waals surface area (Å²) in [6, 6.07) is 40.3. The smallest absolute Gasteiger partial charge is 0.316 e. The number of hydrogen-bond acceptors (Lipinski definition) is 14. The number of hydrogen-bond donors (Lipinski definition) is 6. The molecule has 13 atom stereocenters. The van der Waals surface area contributed by atoms with Gasteiger partial charge in [0.25, 0.3) is 0 Å². The lowest BCUT2D eigenvalue weighted by Gasteiger charge is -2.66. The van der Waals surface area contributed by atoms with Crippen LogP contribution in [0.5, 0.6) is 28.7 Å². The predicted octanol–water partition coefficient (Wildman–Crippen LogP) is 11.9. The number of esters is 2. The summed E-state index contributed by atoms with van der Waals surface area (Å²) in [6.45, 7) is 2.66. The number of carbonyl (C=O) groups is 2. The van der Waals surface area contributed by atoms with Gasteiger partial charge >= 0.3 is 11.9 Å². The van der Waals surface area contributed by atoms with Crippen molar-refractivity contribution < 1.29 is 54.1 Å². The van der Waals surface area contributed by atoms with Crippen LogP contribution in [0.2, 0.25) is 0 Å². The van der Waals surface area contributed by atoms with Gasteiger partial charge in [-0.05, 0) is 195 Å². The molecule has 12 nitrogen and oxygen atoms in total. The number of aliphatic hydroxyl groups is 2. The monoisotopic (exact) mass is 1160 g/mol. The second-order valence-corrected chi connectivity index (χ2v) is 27.5. The van der Waals surface area contributed by atoms with Crippen LogP contribution in [0.25, 0.3) is 32.7 Å². The molecule has 1 spiro atoms. The maximum Gasteiger partial charge on any atom is 0.316 e. The topological polar surface area (TPSA) is 184 Å². The van der Waals surface area contributed by atoms with Crippen molar-refractivity contribution in [2.45, 2.75) is 118 Å². The fourth-order valence-electron chi connectivity index (χ4n) is 17.0. The van der Waals surface area contributed by atoms with Crippen molar-refractivity contribution in [1.29, 1.82) is 0 Å². The number of phenols is 3. The Bertz CT molecular complexity index is 3840. The summed E-state index contributed by atoms with van der Waals surface area (Å²) in [4.78, 5) is 30.8. The zero-order chi connectivity index (χ0) is 57.6. The van der Waals surface area contributed by atoms with E-state index in [2.05, 4.69) is 71.8 Å². The number of fused-ring (bicyclic) bond motifs is 11. The fraction of sp³-hybridized carbons (Fsp3) is 0.400. The minimum Gasteiger partial charge on any atom is -0.508 e. The number of aliphatic hydroxyl groups excluding tert-OH is 2. The van der Waals surface area contributed by atoms with Gasteiger partial charge in [-0.2, -0.15) is 0 Å². The van der Waals surface area contributed by atoms with Crippen molar-refractivity contribution >= 4 is 55.1 Å². The number of ether oxygens (including phenoxy) is 4. The minimum absolute atomic E-state index is 0.00638. The number of phenolic OH excluding ortho intramolecular Hbond substituents is 3. The summed E-state index contributed by atoms with van der Waals surface area (Å²) in [7, 11) is 4.37. The quantitative estimate of drug-likeness (QED) is 0.0558. The first kappa shape index (κ1) is 55.0. The Balaban J connectivity index is 1.00. The highest BCUT2D eigenvalue weighted by Crippen LogP contribution is 2.70. The van der Waals surface area contributed by atoms with Gasteiger partial charge in [-0.15, -0.1) is 5.92 Å². The highest BCUT2D eigenvalue weighted by molar-refractivity contribution is 8.76. The lowest BCUT2D eigenvalue weighted by molar-refractivity contribution is -0.175. The summed E-state index contributed by atoms with van der Waals surface area (Å²) in [6.07, 6.45) is 1.21. The molecule has 0 radical (unpaired) electrons. The van der Waals surface area contributed by atoms with Gasteiger partial charge in [-0.3, -0.25) is 9.59 Å². The van der Waals surface area contributed by atoms with Crippen LogP contribution in [-0.2, 0) is 49.3 Å². The summed E-state index contributed by atoms with van der Waals surface area (Å²) in [5.41, 5.74) is 5.17. The number of rotatable bonds is 3. The molecule has 14 heteroatoms. The van der Waals surface area contributed by atoms with Crippen molar-refractivity contribution in [2.24, 2.45) is 29.6 Å². The maximum atomic E-state index is 16.8. The standard InChI is InChI=1S/C70H69NO11S2/c1-38(72)81-63-29-51-28-56-54-31-65(61(75)24-46(54)22-57-60(74)32-58-55-30-62(76)64(79-2)25-47(55)23-59(63)70(58,67(56)57)49-16-13-42-10-3-4-11-43(42)20-49)80-36-66(77)84-83-37-41-18-39-8-5-6-17-71-35-40-9-7-12-44(19-40)53-27-50(73)21-45-14-15-48(26-52(45)53)69(33-39,34-41)68(78)82-51/h3-4,7,9-16,19-21,24-27,30-31,39,41,51,56-60,63,66-67,71,73-77H,6,17-18,22-23,28-29,32-37H2,1-2H3. The van der Waals surface area contributed by atoms with E-state index >= 15 is 4.79 Å². The SMILES string of the molecule is COc1cc2c(cc1O)C1CC(O)C3Cc4cc(O)c5cc4C4CC(CC(OC(C)=O)C(C2)C1(c1ccc2ccccc2c1)C43)OC(=O)C12CC(C#CCCNCc3cccc(c3)-c3cc(O)cc4ccc1cc34)CC(CSSC(O)CO5)C2. The zero-order valence-electron chi connectivity index (χ0n) is 47.1. The van der Waals surface area contributed by atoms with Gasteiger partial charge in [0.15, 0.2) is 23.0 Å². The first-order valence-electron chi connectivity index (χ1n) is 29.7. The van der Waals surface area contributed by atoms with E-state index in [0.717, 1.165) is 78.0 Å². The normalized spacial score (nSPS) is 30.7. The molecular formula is C70H69NO11S2. The molecule has 2 heterocycles. The van der Waals surface area contributed by atoms with Crippen LogP contribution in [0.15, 0.2) is 121 Å². The summed E-state index contributed by atoms with van der Waals surface area (Å²) >= 11 is 0. The molecule has 7 aromatic carbocycles. The first-order valence-corrected chi connectivity index (χ1v) is 32.1. The highest BCUT2D eigenvalue weighted by atomic mass is 33.1. The molecule has 2 aliphatic heterocycles. The average molecular weight is 1160 g/mol. The molecule has 7 aliphatic rings. The van der Waals surface area contributed by atoms with Crippen LogP contribution in [0, 0.1) is 41.4 Å². The van der Waals surface area contributed by atoms with Gasteiger partial charge < -0.3 is 49.8 Å². The largest absolute Gasteiger partial charge is 0.508 e. The second kappa shape index (κ2) is 21.9. The van der Waals surface area contributed by atoms with Crippen molar-refractivity contribution in [3.05, 3.63) is 160 Å². The lowest BCUT2D eigenvalue weighted by atomic mass is 9.38. The van der Waals surface area contributed by atoms with E-state index in [1.165, 1.54) is 35.6 Å². The number of nitrogens with one attached hydrogen (secondary N) is 1. The molecule has 0 saturated heterocycles. The second-order valence-electron chi connectivity index (χ2n) is 24.9. The van der Waals surface area contributed by atoms with Gasteiger partial charge in [0.1, 0.15) is 30.0 Å². The van der Waals surface area contributed by atoms with Crippen molar-refractivity contribution in [1.82, 2.24) is 5.32 Å². The average Bonchev–Trinajstić information content (AvgIpc) is 1.50. The molecule has 14 rings (SSSR count). The number of carbonyl (C=O) groups excluding carboxylic acids is 2. The number of aromatic hydroxyl groups is 3. The van der Waals surface area contributed by atoms with E-state index in [0.29, 0.717) is 63.1 Å². The Hall–Kier alpha value is -6.86. The molecule has 5 aliphatic carbocycles. The molecule has 11 bridgehead atoms. The lowest BCUT2D eigenvalue weighted by Crippen LogP contribution is -2.65. The Morgan fingerprint density at radius 3 is 2.49 bits per heavy atom. The molecular weight excluding hydrogens is 1090 g/mol. The molecule has 13 unspecified atom stereocenters. The molecule has 0 aromatic heterocycles. The van der Waals surface area contributed by atoms with Crippen LogP contribution in [0.3, 0.4) is 0 Å². The summed E-state index contributed by atoms with van der Waals surface area (Å²) < 4.78 is 26.5. The highest BCUT2D eigenvalue weighted by Gasteiger charge is 2.67.